The zero-order valence-electron chi connectivity index (χ0n) is 15.7. The fraction of sp³-hybridized carbons (Fsp3) is 0.667. The normalized spacial score (nSPS) is 18.9. The molecule has 2 atom stereocenters. The van der Waals surface area contributed by atoms with Crippen molar-refractivity contribution in [3.63, 3.8) is 0 Å². The summed E-state index contributed by atoms with van der Waals surface area (Å²) in [6, 6.07) is 10.4. The highest BCUT2D eigenvalue weighted by Gasteiger charge is 2.27. The first kappa shape index (κ1) is 21.3. The van der Waals surface area contributed by atoms with Gasteiger partial charge in [0.25, 0.3) is 0 Å². The van der Waals surface area contributed by atoms with Crippen LogP contribution in [0.3, 0.4) is 0 Å². The Bertz CT molecular complexity index is 511. The molecule has 2 N–H and O–H groups in total. The van der Waals surface area contributed by atoms with Crippen LogP contribution in [0.2, 0.25) is 0 Å². The summed E-state index contributed by atoms with van der Waals surface area (Å²) < 4.78 is 0. The lowest BCUT2D eigenvalue weighted by Crippen LogP contribution is -2.45. The largest absolute Gasteiger partial charge is 0.396 e. The first-order chi connectivity index (χ1) is 12.7. The number of nitrogens with zero attached hydrogens (tertiary/aromatic N) is 1. The van der Waals surface area contributed by atoms with E-state index in [4.69, 9.17) is 5.11 Å². The van der Waals surface area contributed by atoms with E-state index in [0.717, 1.165) is 62.1 Å². The molecule has 0 aliphatic carbocycles. The van der Waals surface area contributed by atoms with Crippen LogP contribution in [-0.4, -0.2) is 57.8 Å². The van der Waals surface area contributed by atoms with Gasteiger partial charge in [0.05, 0.1) is 6.10 Å². The predicted molar refractivity (Wildman–Crippen MR) is 108 cm³/mol. The second kappa shape index (κ2) is 12.4. The number of thioether (sulfide) groups is 1. The number of likely N-dealkylation sites (tertiary alicyclic amines) is 1. The third-order valence-corrected chi connectivity index (χ3v) is 6.06. The third-order valence-electron chi connectivity index (χ3n) is 5.01. The van der Waals surface area contributed by atoms with Crippen LogP contribution in [0, 0.1) is 0 Å². The van der Waals surface area contributed by atoms with Crippen molar-refractivity contribution in [1.82, 2.24) is 4.90 Å². The first-order valence-corrected chi connectivity index (χ1v) is 11.1. The molecule has 1 aliphatic rings. The molecule has 0 aromatic heterocycles. The van der Waals surface area contributed by atoms with Gasteiger partial charge in [-0.2, -0.15) is 11.8 Å². The number of aliphatic hydroxyl groups excluding tert-OH is 2. The van der Waals surface area contributed by atoms with E-state index in [1.54, 1.807) is 0 Å². The Morgan fingerprint density at radius 3 is 2.77 bits per heavy atom. The number of amides is 1. The van der Waals surface area contributed by atoms with E-state index in [-0.39, 0.29) is 24.7 Å². The molecule has 1 fully saturated rings. The van der Waals surface area contributed by atoms with E-state index in [9.17, 15) is 9.90 Å². The second-order valence-electron chi connectivity index (χ2n) is 7.10. The van der Waals surface area contributed by atoms with Gasteiger partial charge in [0.15, 0.2) is 0 Å². The molecule has 1 aliphatic heterocycles. The molecule has 1 aromatic rings. The van der Waals surface area contributed by atoms with E-state index in [2.05, 4.69) is 4.90 Å². The fourth-order valence-electron chi connectivity index (χ4n) is 3.55. The summed E-state index contributed by atoms with van der Waals surface area (Å²) in [5.41, 5.74) is 1.16. The summed E-state index contributed by atoms with van der Waals surface area (Å²) in [6.07, 6.45) is 6.55. The number of benzene rings is 1. The van der Waals surface area contributed by atoms with Gasteiger partial charge >= 0.3 is 0 Å². The molecule has 1 saturated heterocycles. The first-order valence-electron chi connectivity index (χ1n) is 9.90. The standard InChI is InChI=1S/C21H33NO3S/c23-14-4-5-15-26-16-13-22-19(9-6-10-21(22)25)11-12-20(24)17-18-7-2-1-3-8-18/h1-3,7-8,19-20,23-24H,4-6,9-17H2/t19-,20?/m1/s1. The van der Waals surface area contributed by atoms with Crippen LogP contribution in [0.15, 0.2) is 30.3 Å². The lowest BCUT2D eigenvalue weighted by atomic mass is 9.94. The van der Waals surface area contributed by atoms with Crippen LogP contribution in [-0.2, 0) is 11.2 Å². The molecule has 1 unspecified atom stereocenters. The number of carbonyl (C=O) groups excluding carboxylic acids is 1. The Balaban J connectivity index is 1.73. The van der Waals surface area contributed by atoms with Crippen molar-refractivity contribution < 1.29 is 15.0 Å². The summed E-state index contributed by atoms with van der Waals surface area (Å²) in [7, 11) is 0. The molecule has 1 aromatic carbocycles. The maximum absolute atomic E-state index is 12.3. The average Bonchev–Trinajstić information content (AvgIpc) is 2.65. The van der Waals surface area contributed by atoms with Crippen molar-refractivity contribution in [2.45, 2.75) is 63.5 Å². The average molecular weight is 380 g/mol. The highest BCUT2D eigenvalue weighted by atomic mass is 32.2. The van der Waals surface area contributed by atoms with Crippen LogP contribution in [0.5, 0.6) is 0 Å². The van der Waals surface area contributed by atoms with Crippen LogP contribution in [0.4, 0.5) is 0 Å². The number of carbonyl (C=O) groups is 1. The van der Waals surface area contributed by atoms with Gasteiger partial charge < -0.3 is 15.1 Å². The van der Waals surface area contributed by atoms with Crippen molar-refractivity contribution in [2.24, 2.45) is 0 Å². The molecule has 1 heterocycles. The molecule has 1 amide bonds. The van der Waals surface area contributed by atoms with E-state index in [1.165, 1.54) is 0 Å². The summed E-state index contributed by atoms with van der Waals surface area (Å²) in [5.74, 6) is 2.28. The van der Waals surface area contributed by atoms with Crippen LogP contribution in [0.25, 0.3) is 0 Å². The molecule has 0 bridgehead atoms. The maximum Gasteiger partial charge on any atom is 0.222 e. The van der Waals surface area contributed by atoms with Crippen LogP contribution in [0.1, 0.15) is 50.5 Å². The van der Waals surface area contributed by atoms with E-state index in [0.29, 0.717) is 12.8 Å². The molecule has 0 radical (unpaired) electrons. The number of hydrogen-bond acceptors (Lipinski definition) is 4. The maximum atomic E-state index is 12.3. The van der Waals surface area contributed by atoms with Crippen molar-refractivity contribution in [2.75, 3.05) is 24.7 Å². The Hall–Kier alpha value is -1.04. The van der Waals surface area contributed by atoms with Crippen molar-refractivity contribution >= 4 is 17.7 Å². The second-order valence-corrected chi connectivity index (χ2v) is 8.32. The Labute approximate surface area is 162 Å². The summed E-state index contributed by atoms with van der Waals surface area (Å²) in [6.45, 7) is 1.07. The molecule has 2 rings (SSSR count). The van der Waals surface area contributed by atoms with Gasteiger partial charge in [-0.3, -0.25) is 4.79 Å². The number of rotatable bonds is 12. The van der Waals surface area contributed by atoms with Crippen molar-refractivity contribution in [3.05, 3.63) is 35.9 Å². The predicted octanol–water partition coefficient (Wildman–Crippen LogP) is 3.26. The SMILES string of the molecule is O=C1CCC[C@H](CCC(O)Cc2ccccc2)N1CCSCCCCO. The lowest BCUT2D eigenvalue weighted by Gasteiger charge is -2.36. The van der Waals surface area contributed by atoms with E-state index in [1.807, 2.05) is 42.1 Å². The molecule has 4 nitrogen and oxygen atoms in total. The summed E-state index contributed by atoms with van der Waals surface area (Å²) >= 11 is 1.86. The van der Waals surface area contributed by atoms with Crippen LogP contribution >= 0.6 is 11.8 Å². The molecule has 146 valence electrons. The Kier molecular flexibility index (Phi) is 10.1. The van der Waals surface area contributed by atoms with Crippen LogP contribution < -0.4 is 0 Å². The molecule has 5 heteroatoms. The molecule has 0 spiro atoms. The van der Waals surface area contributed by atoms with Gasteiger partial charge in [-0.15, -0.1) is 0 Å². The lowest BCUT2D eigenvalue weighted by molar-refractivity contribution is -0.136. The minimum absolute atomic E-state index is 0.262. The highest BCUT2D eigenvalue weighted by molar-refractivity contribution is 7.99. The zero-order chi connectivity index (χ0) is 18.6. The highest BCUT2D eigenvalue weighted by Crippen LogP contribution is 2.23. The van der Waals surface area contributed by atoms with Gasteiger partial charge in [-0.25, -0.2) is 0 Å². The minimum Gasteiger partial charge on any atom is -0.396 e. The van der Waals surface area contributed by atoms with Gasteiger partial charge in [0.2, 0.25) is 5.91 Å². The molecule has 26 heavy (non-hydrogen) atoms. The molecular formula is C21H33NO3S. The topological polar surface area (TPSA) is 60.8 Å². The summed E-state index contributed by atoms with van der Waals surface area (Å²) in [5, 5.41) is 19.2. The van der Waals surface area contributed by atoms with Gasteiger partial charge in [0, 0.05) is 31.4 Å². The van der Waals surface area contributed by atoms with Gasteiger partial charge in [0.1, 0.15) is 0 Å². The number of piperidine rings is 1. The Morgan fingerprint density at radius 2 is 2.00 bits per heavy atom. The van der Waals surface area contributed by atoms with E-state index < -0.39 is 0 Å². The van der Waals surface area contributed by atoms with Gasteiger partial charge in [-0.05, 0) is 56.3 Å². The van der Waals surface area contributed by atoms with Crippen molar-refractivity contribution in [3.8, 4) is 0 Å². The zero-order valence-corrected chi connectivity index (χ0v) is 16.5. The number of aliphatic hydroxyl groups is 2. The third kappa shape index (κ3) is 7.68. The van der Waals surface area contributed by atoms with E-state index >= 15 is 0 Å². The molecule has 0 saturated carbocycles. The smallest absolute Gasteiger partial charge is 0.222 e. The molecular weight excluding hydrogens is 346 g/mol. The minimum atomic E-state index is -0.343. The monoisotopic (exact) mass is 379 g/mol. The fourth-order valence-corrected chi connectivity index (χ4v) is 4.49. The quantitative estimate of drug-likeness (QED) is 0.547. The number of unbranched alkanes of at least 4 members (excludes halogenated alkanes) is 1. The Morgan fingerprint density at radius 1 is 1.19 bits per heavy atom. The van der Waals surface area contributed by atoms with Gasteiger partial charge in [-0.1, -0.05) is 30.3 Å². The van der Waals surface area contributed by atoms with Crippen molar-refractivity contribution in [1.29, 1.82) is 0 Å². The number of hydrogen-bond donors (Lipinski definition) is 2. The summed E-state index contributed by atoms with van der Waals surface area (Å²) in [4.78, 5) is 14.4.